The lowest BCUT2D eigenvalue weighted by atomic mass is 10.0. The van der Waals surface area contributed by atoms with Crippen LogP contribution < -0.4 is 0 Å². The Labute approximate surface area is 575 Å². The van der Waals surface area contributed by atoms with Gasteiger partial charge in [0.05, 0.1) is 26.4 Å². The fraction of sp³-hybridized carbons (Fsp3) is 0.947. The number of hydrogen-bond donors (Lipinski definition) is 3. The maximum Gasteiger partial charge on any atom is 0.472 e. The van der Waals surface area contributed by atoms with E-state index in [0.717, 1.165) is 109 Å². The third-order valence-electron chi connectivity index (χ3n) is 17.5. The van der Waals surface area contributed by atoms with E-state index in [1.165, 1.54) is 205 Å². The van der Waals surface area contributed by atoms with Crippen LogP contribution in [0.25, 0.3) is 0 Å². The summed E-state index contributed by atoms with van der Waals surface area (Å²) in [6.07, 6.45) is 57.0. The van der Waals surface area contributed by atoms with Crippen LogP contribution in [0.1, 0.15) is 394 Å². The first-order chi connectivity index (χ1) is 45.5. The van der Waals surface area contributed by atoms with Crippen LogP contribution >= 0.6 is 15.6 Å². The number of phosphoric ester groups is 2. The minimum atomic E-state index is -4.95. The minimum Gasteiger partial charge on any atom is -0.462 e. The molecule has 0 aliphatic rings. The van der Waals surface area contributed by atoms with E-state index in [2.05, 4.69) is 34.6 Å². The SMILES string of the molecule is CCCCCCCCCCCCCCCCCCCCCCC(=O)O[C@H](COC(=O)CCCCCCCCCCCCCCC(C)C)COP(=O)(O)OC[C@@H](O)COP(=O)(O)OC[C@@H](COC(=O)CCCCCCCCC)OC(=O)CCCCCCCCCCCCCC. The predicted molar refractivity (Wildman–Crippen MR) is 382 cm³/mol. The summed E-state index contributed by atoms with van der Waals surface area (Å²) in [6, 6.07) is 0. The zero-order valence-electron chi connectivity index (χ0n) is 61.1. The molecule has 0 aromatic carbocycles. The molecule has 0 radical (unpaired) electrons. The van der Waals surface area contributed by atoms with Crippen molar-refractivity contribution >= 4 is 39.5 Å². The van der Waals surface area contributed by atoms with Gasteiger partial charge >= 0.3 is 39.5 Å². The molecule has 0 aliphatic carbocycles. The molecule has 0 aromatic rings. The molecule has 0 spiro atoms. The van der Waals surface area contributed by atoms with Crippen molar-refractivity contribution in [2.45, 2.75) is 412 Å². The smallest absolute Gasteiger partial charge is 0.462 e. The van der Waals surface area contributed by atoms with Gasteiger partial charge in [0.2, 0.25) is 0 Å². The number of esters is 4. The van der Waals surface area contributed by atoms with E-state index in [0.29, 0.717) is 25.7 Å². The lowest BCUT2D eigenvalue weighted by molar-refractivity contribution is -0.161. The van der Waals surface area contributed by atoms with Crippen LogP contribution in [0.4, 0.5) is 0 Å². The van der Waals surface area contributed by atoms with Crippen molar-refractivity contribution in [3.05, 3.63) is 0 Å². The normalized spacial score (nSPS) is 14.0. The number of carbonyl (C=O) groups is 4. The number of aliphatic hydroxyl groups is 1. The number of ether oxygens (including phenoxy) is 4. The highest BCUT2D eigenvalue weighted by atomic mass is 31.2. The summed E-state index contributed by atoms with van der Waals surface area (Å²) >= 11 is 0. The van der Waals surface area contributed by atoms with E-state index >= 15 is 0 Å². The molecule has 2 unspecified atom stereocenters. The lowest BCUT2D eigenvalue weighted by Crippen LogP contribution is -2.30. The van der Waals surface area contributed by atoms with Gasteiger partial charge in [-0.3, -0.25) is 37.3 Å². The number of phosphoric acid groups is 2. The third-order valence-corrected chi connectivity index (χ3v) is 19.4. The van der Waals surface area contributed by atoms with Gasteiger partial charge in [0.25, 0.3) is 0 Å². The topological polar surface area (TPSA) is 237 Å². The minimum absolute atomic E-state index is 0.107. The maximum absolute atomic E-state index is 13.1. The molecule has 558 valence electrons. The van der Waals surface area contributed by atoms with Crippen molar-refractivity contribution in [2.75, 3.05) is 39.6 Å². The number of unbranched alkanes of at least 4 members (excludes halogenated alkanes) is 47. The standard InChI is InChI=1S/C75H146O17P2/c1-6-9-12-15-18-20-22-24-25-26-27-28-29-30-31-37-41-46-51-56-61-75(80)92-71(65-86-73(78)59-54-49-44-39-36-33-32-34-38-43-47-52-57-68(4)5)67-90-94(83,84)88-63-69(76)62-87-93(81,82)89-66-70(64-85-72(77)58-53-48-42-17-14-11-8-3)91-74(79)60-55-50-45-40-35-23-21-19-16-13-10-7-2/h68-71,76H,6-67H2,1-5H3,(H,81,82)(H,83,84)/t69-,70+,71+/m0/s1. The van der Waals surface area contributed by atoms with Gasteiger partial charge in [-0.1, -0.05) is 343 Å². The Morgan fingerprint density at radius 1 is 0.287 bits per heavy atom. The van der Waals surface area contributed by atoms with E-state index in [4.69, 9.17) is 37.0 Å². The molecular formula is C75H146O17P2. The van der Waals surface area contributed by atoms with Crippen LogP contribution in [0, 0.1) is 5.92 Å². The largest absolute Gasteiger partial charge is 0.472 e. The second kappa shape index (κ2) is 68.2. The molecule has 0 amide bonds. The summed E-state index contributed by atoms with van der Waals surface area (Å²) in [7, 11) is -9.90. The highest BCUT2D eigenvalue weighted by molar-refractivity contribution is 7.47. The second-order valence-electron chi connectivity index (χ2n) is 27.5. The van der Waals surface area contributed by atoms with Gasteiger partial charge in [0.1, 0.15) is 19.3 Å². The van der Waals surface area contributed by atoms with E-state index in [9.17, 15) is 43.2 Å². The molecule has 0 bridgehead atoms. The Hall–Kier alpha value is -1.94. The van der Waals surface area contributed by atoms with Gasteiger partial charge in [-0.15, -0.1) is 0 Å². The summed E-state index contributed by atoms with van der Waals surface area (Å²) in [5.74, 6) is -1.34. The van der Waals surface area contributed by atoms with Gasteiger partial charge < -0.3 is 33.8 Å². The second-order valence-corrected chi connectivity index (χ2v) is 30.4. The first kappa shape index (κ1) is 92.1. The fourth-order valence-electron chi connectivity index (χ4n) is 11.5. The van der Waals surface area contributed by atoms with Gasteiger partial charge in [0.15, 0.2) is 12.2 Å². The third kappa shape index (κ3) is 68.6. The number of carbonyl (C=O) groups excluding carboxylic acids is 4. The highest BCUT2D eigenvalue weighted by Crippen LogP contribution is 2.45. The van der Waals surface area contributed by atoms with Crippen LogP contribution in [0.5, 0.6) is 0 Å². The molecular weight excluding hydrogens is 1230 g/mol. The molecule has 0 aromatic heterocycles. The van der Waals surface area contributed by atoms with Crippen molar-refractivity contribution < 1.29 is 80.2 Å². The first-order valence-corrected chi connectivity index (χ1v) is 42.1. The van der Waals surface area contributed by atoms with Crippen molar-refractivity contribution in [3.8, 4) is 0 Å². The molecule has 3 N–H and O–H groups in total. The molecule has 0 heterocycles. The van der Waals surface area contributed by atoms with Crippen molar-refractivity contribution in [3.63, 3.8) is 0 Å². The number of hydrogen-bond acceptors (Lipinski definition) is 15. The molecule has 0 rings (SSSR count). The highest BCUT2D eigenvalue weighted by Gasteiger charge is 2.30. The van der Waals surface area contributed by atoms with Crippen molar-refractivity contribution in [1.82, 2.24) is 0 Å². The van der Waals surface area contributed by atoms with Gasteiger partial charge in [-0.2, -0.15) is 0 Å². The molecule has 0 fully saturated rings. The van der Waals surface area contributed by atoms with Gasteiger partial charge in [-0.05, 0) is 31.6 Å². The van der Waals surface area contributed by atoms with Gasteiger partial charge in [-0.25, -0.2) is 9.13 Å². The molecule has 17 nitrogen and oxygen atoms in total. The maximum atomic E-state index is 13.1. The first-order valence-electron chi connectivity index (χ1n) is 39.1. The summed E-state index contributed by atoms with van der Waals surface area (Å²) in [4.78, 5) is 72.6. The monoisotopic (exact) mass is 1380 g/mol. The molecule has 19 heteroatoms. The van der Waals surface area contributed by atoms with E-state index in [1.807, 2.05) is 0 Å². The van der Waals surface area contributed by atoms with E-state index < -0.39 is 97.5 Å². The summed E-state index contributed by atoms with van der Waals surface area (Å²) in [5.41, 5.74) is 0. The average Bonchev–Trinajstić information content (AvgIpc) is 2.75. The Morgan fingerprint density at radius 3 is 0.723 bits per heavy atom. The van der Waals surface area contributed by atoms with Crippen LogP contribution in [0.2, 0.25) is 0 Å². The molecule has 0 saturated carbocycles. The van der Waals surface area contributed by atoms with Gasteiger partial charge in [0, 0.05) is 25.7 Å². The lowest BCUT2D eigenvalue weighted by Gasteiger charge is -2.21. The van der Waals surface area contributed by atoms with Crippen molar-refractivity contribution in [2.24, 2.45) is 5.92 Å². The average molecular weight is 1380 g/mol. The number of aliphatic hydroxyl groups excluding tert-OH is 1. The van der Waals surface area contributed by atoms with E-state index in [1.54, 1.807) is 0 Å². The van der Waals surface area contributed by atoms with Crippen LogP contribution in [0.15, 0.2) is 0 Å². The molecule has 0 saturated heterocycles. The zero-order chi connectivity index (χ0) is 69.1. The Morgan fingerprint density at radius 2 is 0.489 bits per heavy atom. The molecule has 0 aliphatic heterocycles. The van der Waals surface area contributed by atoms with E-state index in [-0.39, 0.29) is 25.7 Å². The zero-order valence-corrected chi connectivity index (χ0v) is 62.9. The molecule has 94 heavy (non-hydrogen) atoms. The Bertz CT molecular complexity index is 1810. The molecule has 5 atom stereocenters. The summed E-state index contributed by atoms with van der Waals surface area (Å²) in [6.45, 7) is 7.26. The Balaban J connectivity index is 5.17. The van der Waals surface area contributed by atoms with Crippen molar-refractivity contribution in [1.29, 1.82) is 0 Å². The number of rotatable bonds is 75. The fourth-order valence-corrected chi connectivity index (χ4v) is 13.1. The van der Waals surface area contributed by atoms with Crippen LogP contribution in [0.3, 0.4) is 0 Å². The Kier molecular flexibility index (Phi) is 66.8. The predicted octanol–water partition coefficient (Wildman–Crippen LogP) is 22.1. The quantitative estimate of drug-likeness (QED) is 0.0222. The summed E-state index contributed by atoms with van der Waals surface area (Å²) < 4.78 is 68.4. The van der Waals surface area contributed by atoms with Crippen LogP contribution in [-0.2, 0) is 65.4 Å². The summed E-state index contributed by atoms with van der Waals surface area (Å²) in [5, 5.41) is 10.6. The van der Waals surface area contributed by atoms with Crippen LogP contribution in [-0.4, -0.2) is 96.7 Å².